The molecule has 0 fully saturated rings. The highest BCUT2D eigenvalue weighted by molar-refractivity contribution is 7.80. The highest BCUT2D eigenvalue weighted by Gasteiger charge is 2.11. The van der Waals surface area contributed by atoms with Gasteiger partial charge < -0.3 is 15.4 Å². The third-order valence-electron chi connectivity index (χ3n) is 3.00. The van der Waals surface area contributed by atoms with E-state index >= 15 is 0 Å². The predicted molar refractivity (Wildman–Crippen MR) is 85.6 cm³/mol. The Kier molecular flexibility index (Phi) is 5.26. The number of nitrogens with zero attached hydrogens (tertiary/aromatic N) is 2. The summed E-state index contributed by atoms with van der Waals surface area (Å²) in [7, 11) is 0. The minimum Gasteiger partial charge on any atom is -0.433 e. The first-order chi connectivity index (χ1) is 10.5. The summed E-state index contributed by atoms with van der Waals surface area (Å²) >= 11 is 5.19. The van der Waals surface area contributed by atoms with Crippen LogP contribution in [0.5, 0.6) is 5.75 Å². The lowest BCUT2D eigenvalue weighted by molar-refractivity contribution is -0.0493. The van der Waals surface area contributed by atoms with E-state index in [1.165, 1.54) is 6.07 Å². The van der Waals surface area contributed by atoms with E-state index in [0.29, 0.717) is 5.69 Å². The van der Waals surface area contributed by atoms with E-state index < -0.39 is 6.61 Å². The van der Waals surface area contributed by atoms with Crippen molar-refractivity contribution in [2.75, 3.05) is 10.6 Å². The van der Waals surface area contributed by atoms with Crippen LogP contribution in [0.4, 0.5) is 20.2 Å². The average molecular weight is 326 g/mol. The SMILES string of the molecule is CCn1ncc(NC(=S)Nc2ccccc2OC(F)F)c1C. The highest BCUT2D eigenvalue weighted by atomic mass is 32.1. The first-order valence-corrected chi connectivity index (χ1v) is 7.06. The van der Waals surface area contributed by atoms with Gasteiger partial charge in [0.1, 0.15) is 5.75 Å². The Labute approximate surface area is 132 Å². The third kappa shape index (κ3) is 3.91. The minimum absolute atomic E-state index is 0.0302. The zero-order valence-electron chi connectivity index (χ0n) is 12.1. The summed E-state index contributed by atoms with van der Waals surface area (Å²) in [6, 6.07) is 6.35. The number of rotatable bonds is 5. The number of alkyl halides is 2. The monoisotopic (exact) mass is 326 g/mol. The van der Waals surface area contributed by atoms with Crippen LogP contribution in [0.15, 0.2) is 30.5 Å². The maximum atomic E-state index is 12.4. The fourth-order valence-corrected chi connectivity index (χ4v) is 2.15. The molecule has 2 N–H and O–H groups in total. The number of halogens is 2. The van der Waals surface area contributed by atoms with Crippen LogP contribution < -0.4 is 15.4 Å². The number of nitrogens with one attached hydrogen (secondary N) is 2. The average Bonchev–Trinajstić information content (AvgIpc) is 2.81. The number of thiocarbonyl (C=S) groups is 1. The summed E-state index contributed by atoms with van der Waals surface area (Å²) in [5, 5.41) is 10.3. The molecule has 0 saturated heterocycles. The number of benzene rings is 1. The summed E-state index contributed by atoms with van der Waals surface area (Å²) < 4.78 is 31.0. The molecule has 0 aliphatic heterocycles. The van der Waals surface area contributed by atoms with Crippen LogP contribution in [-0.2, 0) is 6.54 Å². The molecule has 0 amide bonds. The lowest BCUT2D eigenvalue weighted by Gasteiger charge is -2.14. The molecule has 5 nitrogen and oxygen atoms in total. The van der Waals surface area contributed by atoms with Gasteiger partial charge in [-0.15, -0.1) is 0 Å². The number of para-hydroxylation sites is 2. The Morgan fingerprint density at radius 1 is 1.32 bits per heavy atom. The van der Waals surface area contributed by atoms with Gasteiger partial charge >= 0.3 is 6.61 Å². The highest BCUT2D eigenvalue weighted by Crippen LogP contribution is 2.25. The summed E-state index contributed by atoms with van der Waals surface area (Å²) in [5.74, 6) is 0.0302. The molecule has 0 bridgehead atoms. The molecule has 0 aliphatic carbocycles. The van der Waals surface area contributed by atoms with Crippen molar-refractivity contribution in [1.82, 2.24) is 9.78 Å². The summed E-state index contributed by atoms with van der Waals surface area (Å²) in [4.78, 5) is 0. The first-order valence-electron chi connectivity index (χ1n) is 6.65. The number of aryl methyl sites for hydroxylation is 1. The van der Waals surface area contributed by atoms with Gasteiger partial charge in [-0.25, -0.2) is 0 Å². The predicted octanol–water partition coefficient (Wildman–Crippen LogP) is 3.62. The maximum absolute atomic E-state index is 12.4. The van der Waals surface area contributed by atoms with Crippen LogP contribution >= 0.6 is 12.2 Å². The molecular formula is C14H16F2N4OS. The van der Waals surface area contributed by atoms with E-state index in [2.05, 4.69) is 20.5 Å². The first kappa shape index (κ1) is 16.2. The molecule has 0 unspecified atom stereocenters. The van der Waals surface area contributed by atoms with Crippen molar-refractivity contribution in [1.29, 1.82) is 0 Å². The van der Waals surface area contributed by atoms with Gasteiger partial charge in [0.05, 0.1) is 23.3 Å². The molecule has 0 atom stereocenters. The van der Waals surface area contributed by atoms with Gasteiger partial charge in [0.15, 0.2) is 5.11 Å². The van der Waals surface area contributed by atoms with Crippen LogP contribution in [0.2, 0.25) is 0 Å². The van der Waals surface area contributed by atoms with Crippen molar-refractivity contribution in [2.24, 2.45) is 0 Å². The molecule has 8 heteroatoms. The molecule has 2 aromatic rings. The van der Waals surface area contributed by atoms with Crippen molar-refractivity contribution < 1.29 is 13.5 Å². The standard InChI is InChI=1S/C14H16F2N4OS/c1-3-20-9(2)11(8-17-20)19-14(22)18-10-6-4-5-7-12(10)21-13(15)16/h4-8,13H,3H2,1-2H3,(H2,18,19,22). The van der Waals surface area contributed by atoms with Crippen LogP contribution in [-0.4, -0.2) is 21.5 Å². The van der Waals surface area contributed by atoms with Gasteiger partial charge in [-0.1, -0.05) is 12.1 Å². The molecule has 2 rings (SSSR count). The van der Waals surface area contributed by atoms with E-state index in [4.69, 9.17) is 12.2 Å². The van der Waals surface area contributed by atoms with Crippen LogP contribution in [0.3, 0.4) is 0 Å². The molecular weight excluding hydrogens is 310 g/mol. The molecule has 0 spiro atoms. The van der Waals surface area contributed by atoms with Crippen LogP contribution in [0, 0.1) is 6.92 Å². The third-order valence-corrected chi connectivity index (χ3v) is 3.21. The number of ether oxygens (including phenoxy) is 1. The zero-order chi connectivity index (χ0) is 16.1. The Bertz CT molecular complexity index is 660. The Morgan fingerprint density at radius 3 is 2.64 bits per heavy atom. The summed E-state index contributed by atoms with van der Waals surface area (Å²) in [6.45, 7) is 1.75. The van der Waals surface area contributed by atoms with E-state index in [9.17, 15) is 8.78 Å². The van der Waals surface area contributed by atoms with Gasteiger partial charge in [-0.2, -0.15) is 13.9 Å². The van der Waals surface area contributed by atoms with Gasteiger partial charge in [0.25, 0.3) is 0 Å². The van der Waals surface area contributed by atoms with Gasteiger partial charge in [0, 0.05) is 6.54 Å². The molecule has 1 heterocycles. The smallest absolute Gasteiger partial charge is 0.387 e. The molecule has 0 radical (unpaired) electrons. The Morgan fingerprint density at radius 2 is 2.00 bits per heavy atom. The second-order valence-electron chi connectivity index (χ2n) is 4.41. The van der Waals surface area contributed by atoms with Crippen molar-refractivity contribution in [3.05, 3.63) is 36.2 Å². The topological polar surface area (TPSA) is 51.1 Å². The van der Waals surface area contributed by atoms with Gasteiger partial charge in [-0.05, 0) is 38.2 Å². The quantitative estimate of drug-likeness (QED) is 0.822. The molecule has 22 heavy (non-hydrogen) atoms. The lowest BCUT2D eigenvalue weighted by atomic mass is 10.3. The van der Waals surface area contributed by atoms with E-state index in [1.807, 2.05) is 18.5 Å². The molecule has 0 saturated carbocycles. The lowest BCUT2D eigenvalue weighted by Crippen LogP contribution is -2.20. The van der Waals surface area contributed by atoms with E-state index in [-0.39, 0.29) is 10.9 Å². The molecule has 1 aromatic heterocycles. The van der Waals surface area contributed by atoms with Gasteiger partial charge in [-0.3, -0.25) is 4.68 Å². The molecule has 0 aliphatic rings. The summed E-state index contributed by atoms with van der Waals surface area (Å²) in [5.41, 5.74) is 2.05. The number of hydrogen-bond acceptors (Lipinski definition) is 3. The number of hydrogen-bond donors (Lipinski definition) is 2. The van der Waals surface area contributed by atoms with E-state index in [1.54, 1.807) is 24.4 Å². The second-order valence-corrected chi connectivity index (χ2v) is 4.82. The van der Waals surface area contributed by atoms with Crippen LogP contribution in [0.1, 0.15) is 12.6 Å². The van der Waals surface area contributed by atoms with Crippen molar-refractivity contribution in [2.45, 2.75) is 27.0 Å². The number of anilines is 2. The molecule has 118 valence electrons. The Balaban J connectivity index is 2.07. The van der Waals surface area contributed by atoms with Crippen molar-refractivity contribution in [3.8, 4) is 5.75 Å². The second kappa shape index (κ2) is 7.17. The fourth-order valence-electron chi connectivity index (χ4n) is 1.93. The largest absolute Gasteiger partial charge is 0.433 e. The van der Waals surface area contributed by atoms with Gasteiger partial charge in [0.2, 0.25) is 0 Å². The van der Waals surface area contributed by atoms with Crippen molar-refractivity contribution in [3.63, 3.8) is 0 Å². The van der Waals surface area contributed by atoms with Crippen molar-refractivity contribution >= 4 is 28.7 Å². The Hall–Kier alpha value is -2.22. The normalized spacial score (nSPS) is 10.6. The molecule has 1 aromatic carbocycles. The van der Waals surface area contributed by atoms with E-state index in [0.717, 1.165) is 17.9 Å². The fraction of sp³-hybridized carbons (Fsp3) is 0.286. The van der Waals surface area contributed by atoms with Crippen LogP contribution in [0.25, 0.3) is 0 Å². The number of aromatic nitrogens is 2. The minimum atomic E-state index is -2.89. The zero-order valence-corrected chi connectivity index (χ0v) is 13.0. The summed E-state index contributed by atoms with van der Waals surface area (Å²) in [6.07, 6.45) is 1.66. The maximum Gasteiger partial charge on any atom is 0.387 e.